The van der Waals surface area contributed by atoms with E-state index in [1.54, 1.807) is 12.1 Å². The van der Waals surface area contributed by atoms with Crippen molar-refractivity contribution < 1.29 is 14.7 Å². The largest absolute Gasteiger partial charge is 0.480 e. The van der Waals surface area contributed by atoms with Crippen LogP contribution in [0.25, 0.3) is 0 Å². The molecule has 1 aromatic rings. The molecule has 0 fully saturated rings. The van der Waals surface area contributed by atoms with Gasteiger partial charge in [0.15, 0.2) is 0 Å². The fraction of sp³-hybridized carbons (Fsp3) is 0.400. The average Bonchev–Trinajstić information content (AvgIpc) is 2.35. The standard InChI is InChI=1S/C10H14N4O3/c1-7(9(15)16)14(2)10(17)11-6-8-4-3-5-12-13-8/h3-5,7H,6H2,1-2H3,(H,11,17)(H,15,16). The minimum atomic E-state index is -1.05. The van der Waals surface area contributed by atoms with E-state index in [0.717, 1.165) is 4.90 Å². The average molecular weight is 238 g/mol. The molecule has 1 aromatic heterocycles. The molecule has 1 atom stereocenters. The van der Waals surface area contributed by atoms with Crippen molar-refractivity contribution in [3.63, 3.8) is 0 Å². The van der Waals surface area contributed by atoms with Crippen LogP contribution >= 0.6 is 0 Å². The minimum Gasteiger partial charge on any atom is -0.480 e. The van der Waals surface area contributed by atoms with Gasteiger partial charge in [0.1, 0.15) is 6.04 Å². The number of aliphatic carboxylic acids is 1. The van der Waals surface area contributed by atoms with Gasteiger partial charge in [0, 0.05) is 13.2 Å². The Morgan fingerprint density at radius 2 is 2.29 bits per heavy atom. The smallest absolute Gasteiger partial charge is 0.326 e. The van der Waals surface area contributed by atoms with Crippen molar-refractivity contribution in [1.29, 1.82) is 0 Å². The van der Waals surface area contributed by atoms with Crippen molar-refractivity contribution in [2.75, 3.05) is 7.05 Å². The Balaban J connectivity index is 2.47. The fourth-order valence-corrected chi connectivity index (χ4v) is 1.06. The Kier molecular flexibility index (Phi) is 4.38. The molecule has 0 spiro atoms. The number of aromatic nitrogens is 2. The Labute approximate surface area is 98.5 Å². The second-order valence-corrected chi connectivity index (χ2v) is 3.50. The molecule has 0 aliphatic carbocycles. The van der Waals surface area contributed by atoms with E-state index in [4.69, 9.17) is 5.11 Å². The van der Waals surface area contributed by atoms with Crippen LogP contribution in [0.2, 0.25) is 0 Å². The van der Waals surface area contributed by atoms with Gasteiger partial charge >= 0.3 is 12.0 Å². The summed E-state index contributed by atoms with van der Waals surface area (Å²) in [6.07, 6.45) is 1.53. The molecule has 0 aromatic carbocycles. The van der Waals surface area contributed by atoms with Gasteiger partial charge in [-0.25, -0.2) is 9.59 Å². The van der Waals surface area contributed by atoms with Crippen LogP contribution in [-0.2, 0) is 11.3 Å². The number of nitrogens with one attached hydrogen (secondary N) is 1. The summed E-state index contributed by atoms with van der Waals surface area (Å²) in [7, 11) is 1.42. The van der Waals surface area contributed by atoms with Crippen molar-refractivity contribution in [3.05, 3.63) is 24.0 Å². The highest BCUT2D eigenvalue weighted by molar-refractivity contribution is 5.82. The summed E-state index contributed by atoms with van der Waals surface area (Å²) in [5, 5.41) is 18.8. The first-order chi connectivity index (χ1) is 8.02. The van der Waals surface area contributed by atoms with E-state index in [1.807, 2.05) is 0 Å². The zero-order valence-electron chi connectivity index (χ0n) is 9.62. The van der Waals surface area contributed by atoms with Crippen LogP contribution in [0.5, 0.6) is 0 Å². The van der Waals surface area contributed by atoms with Crippen LogP contribution in [0.1, 0.15) is 12.6 Å². The zero-order valence-corrected chi connectivity index (χ0v) is 9.62. The molecule has 17 heavy (non-hydrogen) atoms. The number of carboxylic acids is 1. The maximum absolute atomic E-state index is 11.6. The predicted octanol–water partition coefficient (Wildman–Crippen LogP) is 0.0911. The SMILES string of the molecule is CC(C(=O)O)N(C)C(=O)NCc1cccnn1. The number of likely N-dealkylation sites (N-methyl/N-ethyl adjacent to an activating group) is 1. The van der Waals surface area contributed by atoms with Crippen LogP contribution < -0.4 is 5.32 Å². The normalized spacial score (nSPS) is 11.6. The van der Waals surface area contributed by atoms with E-state index < -0.39 is 18.0 Å². The second-order valence-electron chi connectivity index (χ2n) is 3.50. The summed E-state index contributed by atoms with van der Waals surface area (Å²) in [6, 6.07) is 2.08. The highest BCUT2D eigenvalue weighted by Crippen LogP contribution is 1.97. The lowest BCUT2D eigenvalue weighted by molar-refractivity contribution is -0.141. The Morgan fingerprint density at radius 3 is 2.82 bits per heavy atom. The summed E-state index contributed by atoms with van der Waals surface area (Å²) < 4.78 is 0. The van der Waals surface area contributed by atoms with Crippen LogP contribution in [-0.4, -0.2) is 45.3 Å². The van der Waals surface area contributed by atoms with Crippen LogP contribution in [0.3, 0.4) is 0 Å². The van der Waals surface area contributed by atoms with E-state index in [0.29, 0.717) is 5.69 Å². The highest BCUT2D eigenvalue weighted by atomic mass is 16.4. The Hall–Kier alpha value is -2.18. The lowest BCUT2D eigenvalue weighted by Gasteiger charge is -2.21. The molecule has 7 nitrogen and oxygen atoms in total. The van der Waals surface area contributed by atoms with Gasteiger partial charge in [-0.05, 0) is 19.1 Å². The van der Waals surface area contributed by atoms with Crippen molar-refractivity contribution >= 4 is 12.0 Å². The van der Waals surface area contributed by atoms with Crippen molar-refractivity contribution in [1.82, 2.24) is 20.4 Å². The van der Waals surface area contributed by atoms with E-state index in [1.165, 1.54) is 20.2 Å². The van der Waals surface area contributed by atoms with Gasteiger partial charge in [-0.1, -0.05) is 0 Å². The first-order valence-electron chi connectivity index (χ1n) is 5.02. The van der Waals surface area contributed by atoms with Gasteiger partial charge in [0.05, 0.1) is 12.2 Å². The molecule has 0 bridgehead atoms. The summed E-state index contributed by atoms with van der Waals surface area (Å²) in [5.41, 5.74) is 0.609. The lowest BCUT2D eigenvalue weighted by atomic mass is 10.3. The summed E-state index contributed by atoms with van der Waals surface area (Å²) in [6.45, 7) is 1.65. The van der Waals surface area contributed by atoms with Gasteiger partial charge in [0.2, 0.25) is 0 Å². The predicted molar refractivity (Wildman–Crippen MR) is 59.1 cm³/mol. The first kappa shape index (κ1) is 12.9. The maximum atomic E-state index is 11.6. The second kappa shape index (κ2) is 5.78. The van der Waals surface area contributed by atoms with Crippen LogP contribution in [0.15, 0.2) is 18.3 Å². The molecule has 0 saturated carbocycles. The molecule has 0 radical (unpaired) electrons. The third-order valence-corrected chi connectivity index (χ3v) is 2.31. The van der Waals surface area contributed by atoms with E-state index in [-0.39, 0.29) is 6.54 Å². The number of hydrogen-bond acceptors (Lipinski definition) is 4. The Morgan fingerprint density at radius 1 is 1.59 bits per heavy atom. The molecule has 0 aliphatic rings. The lowest BCUT2D eigenvalue weighted by Crippen LogP contribution is -2.45. The Bertz CT molecular complexity index is 396. The fourth-order valence-electron chi connectivity index (χ4n) is 1.06. The number of carboxylic acid groups (broad SMARTS) is 1. The quantitative estimate of drug-likeness (QED) is 0.775. The molecule has 2 N–H and O–H groups in total. The summed E-state index contributed by atoms with van der Waals surface area (Å²) in [5.74, 6) is -1.05. The number of carbonyl (C=O) groups excluding carboxylic acids is 1. The summed E-state index contributed by atoms with van der Waals surface area (Å²) in [4.78, 5) is 23.4. The monoisotopic (exact) mass is 238 g/mol. The van der Waals surface area contributed by atoms with Gasteiger partial charge in [0.25, 0.3) is 0 Å². The molecule has 2 amide bonds. The molecule has 0 aliphatic heterocycles. The molecule has 1 rings (SSSR count). The van der Waals surface area contributed by atoms with Gasteiger partial charge in [-0.15, -0.1) is 0 Å². The van der Waals surface area contributed by atoms with Crippen molar-refractivity contribution in [2.24, 2.45) is 0 Å². The van der Waals surface area contributed by atoms with E-state index in [2.05, 4.69) is 15.5 Å². The number of carbonyl (C=O) groups is 2. The molecular formula is C10H14N4O3. The summed E-state index contributed by atoms with van der Waals surface area (Å²) >= 11 is 0. The van der Waals surface area contributed by atoms with Crippen LogP contribution in [0.4, 0.5) is 4.79 Å². The molecule has 92 valence electrons. The number of rotatable bonds is 4. The number of hydrogen-bond donors (Lipinski definition) is 2. The maximum Gasteiger partial charge on any atom is 0.326 e. The molecular weight excluding hydrogens is 224 g/mol. The van der Waals surface area contributed by atoms with E-state index in [9.17, 15) is 9.59 Å². The number of nitrogens with zero attached hydrogens (tertiary/aromatic N) is 3. The third kappa shape index (κ3) is 3.71. The van der Waals surface area contributed by atoms with Gasteiger partial charge in [-0.3, -0.25) is 0 Å². The topological polar surface area (TPSA) is 95.4 Å². The third-order valence-electron chi connectivity index (χ3n) is 2.31. The minimum absolute atomic E-state index is 0.212. The molecule has 1 unspecified atom stereocenters. The van der Waals surface area contributed by atoms with Crippen LogP contribution in [0, 0.1) is 0 Å². The molecule has 0 saturated heterocycles. The zero-order chi connectivity index (χ0) is 12.8. The van der Waals surface area contributed by atoms with Crippen molar-refractivity contribution in [2.45, 2.75) is 19.5 Å². The molecule has 1 heterocycles. The van der Waals surface area contributed by atoms with Gasteiger partial charge < -0.3 is 15.3 Å². The molecule has 7 heteroatoms. The number of amides is 2. The first-order valence-corrected chi connectivity index (χ1v) is 5.02. The van der Waals surface area contributed by atoms with E-state index >= 15 is 0 Å². The number of urea groups is 1. The van der Waals surface area contributed by atoms with Crippen molar-refractivity contribution in [3.8, 4) is 0 Å². The van der Waals surface area contributed by atoms with Gasteiger partial charge in [-0.2, -0.15) is 10.2 Å². The highest BCUT2D eigenvalue weighted by Gasteiger charge is 2.21.